The zero-order valence-electron chi connectivity index (χ0n) is 15.0. The number of hydrogen-bond donors (Lipinski definition) is 0. The number of carbonyl (C=O) groups excluding carboxylic acids is 1. The third-order valence-electron chi connectivity index (χ3n) is 5.07. The van der Waals surface area contributed by atoms with Gasteiger partial charge in [-0.2, -0.15) is 10.1 Å². The minimum atomic E-state index is -0.166. The second-order valence-corrected chi connectivity index (χ2v) is 6.71. The van der Waals surface area contributed by atoms with Gasteiger partial charge in [0.2, 0.25) is 11.8 Å². The molecule has 1 atom stereocenters. The van der Waals surface area contributed by atoms with Gasteiger partial charge in [0.15, 0.2) is 5.82 Å². The molecule has 7 nitrogen and oxygen atoms in total. The molecule has 1 saturated heterocycles. The molecule has 2 aromatic rings. The highest BCUT2D eigenvalue weighted by atomic mass is 16.5. The summed E-state index contributed by atoms with van der Waals surface area (Å²) in [4.78, 5) is 19.2. The molecule has 24 heavy (non-hydrogen) atoms. The van der Waals surface area contributed by atoms with E-state index in [1.54, 1.807) is 0 Å². The summed E-state index contributed by atoms with van der Waals surface area (Å²) in [5.74, 6) is 1.63. The van der Waals surface area contributed by atoms with Crippen LogP contribution in [0.3, 0.4) is 0 Å². The second kappa shape index (κ2) is 6.37. The predicted octanol–water partition coefficient (Wildman–Crippen LogP) is 2.24. The van der Waals surface area contributed by atoms with Crippen molar-refractivity contribution in [2.45, 2.75) is 52.4 Å². The first kappa shape index (κ1) is 16.7. The number of nitrogens with zero attached hydrogens (tertiary/aromatic N) is 5. The fourth-order valence-electron chi connectivity index (χ4n) is 3.64. The van der Waals surface area contributed by atoms with Crippen molar-refractivity contribution in [1.82, 2.24) is 24.8 Å². The van der Waals surface area contributed by atoms with Gasteiger partial charge in [-0.1, -0.05) is 5.16 Å². The van der Waals surface area contributed by atoms with Crippen LogP contribution in [0.2, 0.25) is 0 Å². The molecule has 1 aliphatic rings. The molecule has 0 aromatic carbocycles. The molecule has 0 saturated carbocycles. The molecule has 1 aliphatic heterocycles. The Bertz CT molecular complexity index is 740. The lowest BCUT2D eigenvalue weighted by Gasteiger charge is -2.32. The summed E-state index contributed by atoms with van der Waals surface area (Å²) in [7, 11) is 1.92. The Kier molecular flexibility index (Phi) is 4.43. The molecule has 1 amide bonds. The number of carbonyl (C=O) groups is 1. The lowest BCUT2D eigenvalue weighted by atomic mass is 9.93. The Hall–Kier alpha value is -2.18. The third-order valence-corrected chi connectivity index (χ3v) is 5.07. The van der Waals surface area contributed by atoms with Crippen LogP contribution in [0.5, 0.6) is 0 Å². The molecule has 3 heterocycles. The van der Waals surface area contributed by atoms with E-state index in [4.69, 9.17) is 4.52 Å². The first-order valence-electron chi connectivity index (χ1n) is 8.47. The first-order chi connectivity index (χ1) is 11.4. The number of piperidine rings is 1. The van der Waals surface area contributed by atoms with Crippen LogP contribution in [-0.4, -0.2) is 43.8 Å². The lowest BCUT2D eigenvalue weighted by molar-refractivity contribution is -0.133. The Morgan fingerprint density at radius 1 is 1.25 bits per heavy atom. The number of hydrogen-bond acceptors (Lipinski definition) is 5. The SMILES string of the molecule is Cc1noc(C2CCN(C(=O)C(C)c3c(C)nn(C)c3C)CC2)n1. The molecule has 2 aromatic heterocycles. The molecule has 0 aliphatic carbocycles. The average Bonchev–Trinajstić information content (AvgIpc) is 3.10. The van der Waals surface area contributed by atoms with Crippen LogP contribution in [-0.2, 0) is 11.8 Å². The fourth-order valence-corrected chi connectivity index (χ4v) is 3.64. The van der Waals surface area contributed by atoms with E-state index in [1.165, 1.54) is 0 Å². The van der Waals surface area contributed by atoms with Gasteiger partial charge in [-0.25, -0.2) is 0 Å². The smallest absolute Gasteiger partial charge is 0.229 e. The molecule has 3 rings (SSSR count). The van der Waals surface area contributed by atoms with Crippen LogP contribution in [0, 0.1) is 20.8 Å². The molecular formula is C17H25N5O2. The van der Waals surface area contributed by atoms with Crippen molar-refractivity contribution < 1.29 is 9.32 Å². The first-order valence-corrected chi connectivity index (χ1v) is 8.47. The summed E-state index contributed by atoms with van der Waals surface area (Å²) in [5.41, 5.74) is 3.05. The molecule has 0 N–H and O–H groups in total. The van der Waals surface area contributed by atoms with E-state index < -0.39 is 0 Å². The average molecular weight is 331 g/mol. The Morgan fingerprint density at radius 2 is 1.92 bits per heavy atom. The number of aromatic nitrogens is 4. The van der Waals surface area contributed by atoms with Crippen LogP contribution in [0.25, 0.3) is 0 Å². The van der Waals surface area contributed by atoms with Crippen molar-refractivity contribution in [3.63, 3.8) is 0 Å². The van der Waals surface area contributed by atoms with E-state index in [9.17, 15) is 4.79 Å². The number of rotatable bonds is 3. The summed E-state index contributed by atoms with van der Waals surface area (Å²) in [5, 5.41) is 8.29. The van der Waals surface area contributed by atoms with E-state index in [1.807, 2.05) is 44.3 Å². The quantitative estimate of drug-likeness (QED) is 0.862. The second-order valence-electron chi connectivity index (χ2n) is 6.71. The van der Waals surface area contributed by atoms with Crippen molar-refractivity contribution in [2.24, 2.45) is 7.05 Å². The van der Waals surface area contributed by atoms with E-state index in [0.29, 0.717) is 11.7 Å². The summed E-state index contributed by atoms with van der Waals surface area (Å²) in [6, 6.07) is 0. The van der Waals surface area contributed by atoms with Gasteiger partial charge in [0, 0.05) is 37.3 Å². The van der Waals surface area contributed by atoms with Crippen LogP contribution in [0.1, 0.15) is 60.3 Å². The zero-order valence-corrected chi connectivity index (χ0v) is 15.0. The minimum absolute atomic E-state index is 0.166. The molecule has 1 unspecified atom stereocenters. The Labute approximate surface area is 142 Å². The molecule has 0 bridgehead atoms. The molecule has 0 spiro atoms. The van der Waals surface area contributed by atoms with E-state index in [-0.39, 0.29) is 17.7 Å². The summed E-state index contributed by atoms with van der Waals surface area (Å²) in [6.07, 6.45) is 1.73. The van der Waals surface area contributed by atoms with Gasteiger partial charge < -0.3 is 9.42 Å². The zero-order chi connectivity index (χ0) is 17.4. The predicted molar refractivity (Wildman–Crippen MR) is 88.7 cm³/mol. The van der Waals surface area contributed by atoms with Crippen molar-refractivity contribution >= 4 is 5.91 Å². The summed E-state index contributed by atoms with van der Waals surface area (Å²) in [6.45, 7) is 9.25. The highest BCUT2D eigenvalue weighted by molar-refractivity contribution is 5.84. The van der Waals surface area contributed by atoms with Gasteiger partial charge in [-0.15, -0.1) is 0 Å². The Morgan fingerprint density at radius 3 is 2.42 bits per heavy atom. The number of likely N-dealkylation sites (tertiary alicyclic amines) is 1. The van der Waals surface area contributed by atoms with Crippen molar-refractivity contribution in [2.75, 3.05) is 13.1 Å². The lowest BCUT2D eigenvalue weighted by Crippen LogP contribution is -2.40. The topological polar surface area (TPSA) is 77.0 Å². The summed E-state index contributed by atoms with van der Waals surface area (Å²) < 4.78 is 7.12. The largest absolute Gasteiger partial charge is 0.342 e. The van der Waals surface area contributed by atoms with E-state index >= 15 is 0 Å². The highest BCUT2D eigenvalue weighted by Gasteiger charge is 2.31. The van der Waals surface area contributed by atoms with E-state index in [0.717, 1.165) is 42.9 Å². The monoisotopic (exact) mass is 331 g/mol. The molecular weight excluding hydrogens is 306 g/mol. The third kappa shape index (κ3) is 2.95. The van der Waals surface area contributed by atoms with Crippen molar-refractivity contribution in [1.29, 1.82) is 0 Å². The van der Waals surface area contributed by atoms with Gasteiger partial charge in [0.1, 0.15) is 0 Å². The molecule has 7 heteroatoms. The Balaban J connectivity index is 1.66. The minimum Gasteiger partial charge on any atom is -0.342 e. The van der Waals surface area contributed by atoms with Crippen LogP contribution < -0.4 is 0 Å². The van der Waals surface area contributed by atoms with Crippen LogP contribution in [0.4, 0.5) is 0 Å². The molecule has 130 valence electrons. The highest BCUT2D eigenvalue weighted by Crippen LogP contribution is 2.30. The maximum Gasteiger partial charge on any atom is 0.229 e. The van der Waals surface area contributed by atoms with Crippen molar-refractivity contribution in [3.05, 3.63) is 28.7 Å². The number of amides is 1. The van der Waals surface area contributed by atoms with Gasteiger partial charge >= 0.3 is 0 Å². The number of aryl methyl sites for hydroxylation is 3. The van der Waals surface area contributed by atoms with Gasteiger partial charge in [0.05, 0.1) is 11.6 Å². The van der Waals surface area contributed by atoms with E-state index in [2.05, 4.69) is 15.2 Å². The fraction of sp³-hybridized carbons (Fsp3) is 0.647. The normalized spacial score (nSPS) is 17.3. The maximum atomic E-state index is 12.9. The molecule has 1 fully saturated rings. The van der Waals surface area contributed by atoms with Crippen LogP contribution >= 0.6 is 0 Å². The van der Waals surface area contributed by atoms with Gasteiger partial charge in [-0.05, 0) is 40.5 Å². The summed E-state index contributed by atoms with van der Waals surface area (Å²) >= 11 is 0. The van der Waals surface area contributed by atoms with Gasteiger partial charge in [0.25, 0.3) is 0 Å². The molecule has 0 radical (unpaired) electrons. The van der Waals surface area contributed by atoms with Crippen molar-refractivity contribution in [3.8, 4) is 0 Å². The van der Waals surface area contributed by atoms with Crippen LogP contribution in [0.15, 0.2) is 4.52 Å². The maximum absolute atomic E-state index is 12.9. The standard InChI is InChI=1S/C17H25N5O2/c1-10(15-11(2)19-21(5)12(15)3)17(23)22-8-6-14(7-9-22)16-18-13(4)20-24-16/h10,14H,6-9H2,1-5H3. The van der Waals surface area contributed by atoms with Gasteiger partial charge in [-0.3, -0.25) is 9.48 Å².